The second kappa shape index (κ2) is 6.22. The van der Waals surface area contributed by atoms with E-state index in [1.54, 1.807) is 13.8 Å². The second-order valence-corrected chi connectivity index (χ2v) is 2.93. The van der Waals surface area contributed by atoms with Crippen LogP contribution in [-0.4, -0.2) is 23.7 Å². The fraction of sp³-hybridized carbons (Fsp3) is 0.625. The molecule has 14 heavy (non-hydrogen) atoms. The van der Waals surface area contributed by atoms with E-state index >= 15 is 0 Å². The van der Waals surface area contributed by atoms with Gasteiger partial charge >= 0.3 is 5.97 Å². The molecule has 0 aromatic heterocycles. The van der Waals surface area contributed by atoms with Gasteiger partial charge in [-0.15, -0.1) is 0 Å². The van der Waals surface area contributed by atoms with Crippen LogP contribution in [0.5, 0.6) is 0 Å². The Morgan fingerprint density at radius 2 is 2.07 bits per heavy atom. The van der Waals surface area contributed by atoms with Gasteiger partial charge < -0.3 is 20.4 Å². The van der Waals surface area contributed by atoms with Gasteiger partial charge in [0.15, 0.2) is 6.10 Å². The van der Waals surface area contributed by atoms with Gasteiger partial charge in [0, 0.05) is 12.0 Å². The summed E-state index contributed by atoms with van der Waals surface area (Å²) in [6, 6.07) is 0. The smallest absolute Gasteiger partial charge is 0.345 e. The fourth-order valence-corrected chi connectivity index (χ4v) is 0.777. The van der Waals surface area contributed by atoms with E-state index in [-0.39, 0.29) is 18.9 Å². The Labute approximate surface area is 82.4 Å². The molecule has 0 aromatic rings. The highest BCUT2D eigenvalue weighted by Gasteiger charge is 2.20. The predicted molar refractivity (Wildman–Crippen MR) is 49.8 cm³/mol. The Balaban J connectivity index is 4.42. The molecule has 1 unspecified atom stereocenters. The molecule has 82 valence electrons. The third-order valence-corrected chi connectivity index (χ3v) is 1.47. The number of carboxylic acid groups (broad SMARTS) is 1. The summed E-state index contributed by atoms with van der Waals surface area (Å²) >= 11 is 0. The SMILES string of the molecule is CC(C)=C(ON)OC(CCN)C(=O)O. The van der Waals surface area contributed by atoms with Crippen molar-refractivity contribution in [2.45, 2.75) is 26.4 Å². The molecule has 0 amide bonds. The van der Waals surface area contributed by atoms with Crippen molar-refractivity contribution in [2.75, 3.05) is 6.54 Å². The lowest BCUT2D eigenvalue weighted by atomic mass is 10.2. The third-order valence-electron chi connectivity index (χ3n) is 1.47. The van der Waals surface area contributed by atoms with Gasteiger partial charge in [0.25, 0.3) is 5.95 Å². The van der Waals surface area contributed by atoms with Gasteiger partial charge in [-0.2, -0.15) is 5.90 Å². The van der Waals surface area contributed by atoms with Gasteiger partial charge in [0.05, 0.1) is 0 Å². The van der Waals surface area contributed by atoms with Crippen LogP contribution in [0.25, 0.3) is 0 Å². The van der Waals surface area contributed by atoms with Crippen molar-refractivity contribution in [1.82, 2.24) is 0 Å². The van der Waals surface area contributed by atoms with Crippen molar-refractivity contribution < 1.29 is 19.5 Å². The minimum Gasteiger partial charge on any atom is -0.479 e. The molecule has 0 fully saturated rings. The first-order valence-electron chi connectivity index (χ1n) is 4.16. The third kappa shape index (κ3) is 4.11. The summed E-state index contributed by atoms with van der Waals surface area (Å²) in [7, 11) is 0. The van der Waals surface area contributed by atoms with E-state index in [4.69, 9.17) is 21.5 Å². The maximum Gasteiger partial charge on any atom is 0.345 e. The minimum atomic E-state index is -1.09. The molecular formula is C8H16N2O4. The first-order chi connectivity index (χ1) is 6.52. The van der Waals surface area contributed by atoms with Crippen molar-refractivity contribution in [2.24, 2.45) is 11.6 Å². The van der Waals surface area contributed by atoms with Crippen LogP contribution < -0.4 is 11.6 Å². The Morgan fingerprint density at radius 3 is 2.36 bits per heavy atom. The highest BCUT2D eigenvalue weighted by atomic mass is 16.7. The van der Waals surface area contributed by atoms with Crippen LogP contribution in [-0.2, 0) is 14.4 Å². The number of carboxylic acids is 1. The number of nitrogens with two attached hydrogens (primary N) is 2. The lowest BCUT2D eigenvalue weighted by molar-refractivity contribution is -0.152. The molecule has 0 aliphatic rings. The molecule has 0 saturated carbocycles. The van der Waals surface area contributed by atoms with Gasteiger partial charge in [0.1, 0.15) is 0 Å². The molecule has 0 radical (unpaired) electrons. The number of allylic oxidation sites excluding steroid dienone is 1. The number of aliphatic carboxylic acids is 1. The van der Waals surface area contributed by atoms with E-state index in [0.717, 1.165) is 0 Å². The molecule has 1 atom stereocenters. The fourth-order valence-electron chi connectivity index (χ4n) is 0.777. The Bertz CT molecular complexity index is 223. The van der Waals surface area contributed by atoms with Crippen molar-refractivity contribution in [3.8, 4) is 0 Å². The molecule has 5 N–H and O–H groups in total. The molecule has 0 rings (SSSR count). The summed E-state index contributed by atoms with van der Waals surface area (Å²) in [6.07, 6.45) is -0.816. The van der Waals surface area contributed by atoms with Crippen LogP contribution in [0.15, 0.2) is 11.5 Å². The minimum absolute atomic E-state index is 0.0193. The van der Waals surface area contributed by atoms with Crippen molar-refractivity contribution in [3.63, 3.8) is 0 Å². The van der Waals surface area contributed by atoms with E-state index in [1.807, 2.05) is 0 Å². The number of ether oxygens (including phenoxy) is 1. The van der Waals surface area contributed by atoms with Gasteiger partial charge in [0.2, 0.25) is 0 Å². The standard InChI is InChI=1S/C8H16N2O4/c1-5(2)8(14-10)13-6(3-4-9)7(11)12/h6H,3-4,9-10H2,1-2H3,(H,11,12). The van der Waals surface area contributed by atoms with Crippen LogP contribution in [0, 0.1) is 0 Å². The molecule has 0 heterocycles. The van der Waals surface area contributed by atoms with Crippen molar-refractivity contribution in [1.29, 1.82) is 0 Å². The molecule has 6 nitrogen and oxygen atoms in total. The zero-order valence-corrected chi connectivity index (χ0v) is 8.32. The van der Waals surface area contributed by atoms with E-state index in [0.29, 0.717) is 5.57 Å². The van der Waals surface area contributed by atoms with Gasteiger partial charge in [-0.05, 0) is 20.4 Å². The summed E-state index contributed by atoms with van der Waals surface area (Å²) in [5.74, 6) is 3.84. The highest BCUT2D eigenvalue weighted by Crippen LogP contribution is 2.10. The molecule has 0 bridgehead atoms. The maximum absolute atomic E-state index is 10.7. The Kier molecular flexibility index (Phi) is 5.66. The molecule has 0 saturated heterocycles. The average molecular weight is 204 g/mol. The highest BCUT2D eigenvalue weighted by molar-refractivity contribution is 5.72. The quantitative estimate of drug-likeness (QED) is 0.413. The largest absolute Gasteiger partial charge is 0.479 e. The summed E-state index contributed by atoms with van der Waals surface area (Å²) in [6.45, 7) is 3.62. The summed E-state index contributed by atoms with van der Waals surface area (Å²) in [4.78, 5) is 15.1. The molecule has 0 aliphatic heterocycles. The van der Waals surface area contributed by atoms with Gasteiger partial charge in [-0.25, -0.2) is 4.79 Å². The zero-order chi connectivity index (χ0) is 11.1. The summed E-state index contributed by atoms with van der Waals surface area (Å²) < 4.78 is 5.02. The lowest BCUT2D eigenvalue weighted by Gasteiger charge is -2.15. The molecular weight excluding hydrogens is 188 g/mol. The first kappa shape index (κ1) is 12.7. The Morgan fingerprint density at radius 1 is 1.50 bits per heavy atom. The van der Waals surface area contributed by atoms with Gasteiger partial charge in [-0.1, -0.05) is 0 Å². The monoisotopic (exact) mass is 204 g/mol. The number of hydrogen-bond acceptors (Lipinski definition) is 5. The van der Waals surface area contributed by atoms with Crippen molar-refractivity contribution >= 4 is 5.97 Å². The van der Waals surface area contributed by atoms with E-state index < -0.39 is 12.1 Å². The number of rotatable bonds is 6. The predicted octanol–water partition coefficient (Wildman–Crippen LogP) is -0.0533. The van der Waals surface area contributed by atoms with Crippen molar-refractivity contribution in [3.05, 3.63) is 11.5 Å². The van der Waals surface area contributed by atoms with Gasteiger partial charge in [-0.3, -0.25) is 0 Å². The normalized spacial score (nSPS) is 11.7. The summed E-state index contributed by atoms with van der Waals surface area (Å²) in [5, 5.41) is 8.73. The number of hydrogen-bond donors (Lipinski definition) is 3. The Hall–Kier alpha value is -1.27. The van der Waals surface area contributed by atoms with Crippen LogP contribution in [0.3, 0.4) is 0 Å². The summed E-state index contributed by atoms with van der Waals surface area (Å²) in [5.41, 5.74) is 5.89. The van der Waals surface area contributed by atoms with Crippen LogP contribution in [0.4, 0.5) is 0 Å². The van der Waals surface area contributed by atoms with Crippen LogP contribution >= 0.6 is 0 Å². The van der Waals surface area contributed by atoms with E-state index in [1.165, 1.54) is 0 Å². The topological polar surface area (TPSA) is 108 Å². The first-order valence-corrected chi connectivity index (χ1v) is 4.16. The number of carbonyl (C=O) groups is 1. The van der Waals surface area contributed by atoms with E-state index in [9.17, 15) is 4.79 Å². The zero-order valence-electron chi connectivity index (χ0n) is 8.32. The van der Waals surface area contributed by atoms with E-state index in [2.05, 4.69) is 4.84 Å². The molecule has 6 heteroatoms. The molecule has 0 aliphatic carbocycles. The average Bonchev–Trinajstić information content (AvgIpc) is 2.11. The molecule has 0 aromatic carbocycles. The lowest BCUT2D eigenvalue weighted by Crippen LogP contribution is -2.28. The second-order valence-electron chi connectivity index (χ2n) is 2.93. The molecule has 0 spiro atoms. The van der Waals surface area contributed by atoms with Crippen LogP contribution in [0.1, 0.15) is 20.3 Å². The van der Waals surface area contributed by atoms with Crippen LogP contribution in [0.2, 0.25) is 0 Å². The maximum atomic E-state index is 10.7.